The van der Waals surface area contributed by atoms with E-state index in [9.17, 15) is 9.90 Å². The van der Waals surface area contributed by atoms with Crippen molar-refractivity contribution in [1.82, 2.24) is 4.98 Å². The molecule has 6 nitrogen and oxygen atoms in total. The van der Waals surface area contributed by atoms with Gasteiger partial charge in [0.25, 0.3) is 0 Å². The SMILES string of the molecule is COCCOCC(O)CSc1nc(C)c(C(=O)O)s1. The topological polar surface area (TPSA) is 88.9 Å². The zero-order valence-electron chi connectivity index (χ0n) is 10.8. The van der Waals surface area contributed by atoms with Gasteiger partial charge in [-0.3, -0.25) is 0 Å². The quantitative estimate of drug-likeness (QED) is 0.524. The molecule has 0 spiro atoms. The number of methoxy groups -OCH3 is 1. The maximum absolute atomic E-state index is 10.9. The number of thiazole rings is 1. The Morgan fingerprint density at radius 2 is 2.26 bits per heavy atom. The van der Waals surface area contributed by atoms with Crippen molar-refractivity contribution in [3.05, 3.63) is 10.6 Å². The molecule has 19 heavy (non-hydrogen) atoms. The van der Waals surface area contributed by atoms with Crippen LogP contribution in [0, 0.1) is 6.92 Å². The van der Waals surface area contributed by atoms with Gasteiger partial charge in [0.1, 0.15) is 4.88 Å². The van der Waals surface area contributed by atoms with Crippen molar-refractivity contribution in [2.75, 3.05) is 32.7 Å². The van der Waals surface area contributed by atoms with Gasteiger partial charge in [-0.05, 0) is 6.92 Å². The largest absolute Gasteiger partial charge is 0.477 e. The monoisotopic (exact) mass is 307 g/mol. The number of aryl methyl sites for hydroxylation is 1. The van der Waals surface area contributed by atoms with E-state index in [0.717, 1.165) is 11.3 Å². The molecule has 108 valence electrons. The van der Waals surface area contributed by atoms with E-state index >= 15 is 0 Å². The molecule has 0 bridgehead atoms. The number of thioether (sulfide) groups is 1. The van der Waals surface area contributed by atoms with E-state index in [-0.39, 0.29) is 11.5 Å². The van der Waals surface area contributed by atoms with Crippen molar-refractivity contribution in [1.29, 1.82) is 0 Å². The second kappa shape index (κ2) is 8.49. The van der Waals surface area contributed by atoms with Gasteiger partial charge in [-0.2, -0.15) is 0 Å². The van der Waals surface area contributed by atoms with Crippen LogP contribution >= 0.6 is 23.1 Å². The van der Waals surface area contributed by atoms with E-state index in [1.165, 1.54) is 11.8 Å². The molecule has 0 fully saturated rings. The molecule has 1 atom stereocenters. The van der Waals surface area contributed by atoms with Crippen molar-refractivity contribution in [3.63, 3.8) is 0 Å². The summed E-state index contributed by atoms with van der Waals surface area (Å²) in [7, 11) is 1.58. The van der Waals surface area contributed by atoms with Crippen molar-refractivity contribution in [3.8, 4) is 0 Å². The third kappa shape index (κ3) is 5.87. The van der Waals surface area contributed by atoms with Crippen molar-refractivity contribution in [2.24, 2.45) is 0 Å². The molecule has 0 saturated carbocycles. The van der Waals surface area contributed by atoms with Crippen molar-refractivity contribution < 1.29 is 24.5 Å². The second-order valence-electron chi connectivity index (χ2n) is 3.73. The normalized spacial score (nSPS) is 12.6. The van der Waals surface area contributed by atoms with Crippen LogP contribution in [0.5, 0.6) is 0 Å². The van der Waals surface area contributed by atoms with Crippen LogP contribution < -0.4 is 0 Å². The number of carboxylic acid groups (broad SMARTS) is 1. The zero-order chi connectivity index (χ0) is 14.3. The van der Waals surface area contributed by atoms with Gasteiger partial charge in [0.05, 0.1) is 31.6 Å². The maximum Gasteiger partial charge on any atom is 0.347 e. The molecule has 1 aromatic heterocycles. The lowest BCUT2D eigenvalue weighted by molar-refractivity contribution is 0.0218. The lowest BCUT2D eigenvalue weighted by Gasteiger charge is -2.09. The second-order valence-corrected chi connectivity index (χ2v) is 6.00. The molecule has 0 aliphatic heterocycles. The molecule has 1 heterocycles. The number of ether oxygens (including phenoxy) is 2. The van der Waals surface area contributed by atoms with Gasteiger partial charge < -0.3 is 19.7 Å². The lowest BCUT2D eigenvalue weighted by atomic mass is 10.4. The number of aliphatic hydroxyl groups is 1. The molecule has 0 amide bonds. The van der Waals surface area contributed by atoms with Gasteiger partial charge in [0.2, 0.25) is 0 Å². The molecule has 0 radical (unpaired) electrons. The fraction of sp³-hybridized carbons (Fsp3) is 0.636. The van der Waals surface area contributed by atoms with Crippen molar-refractivity contribution >= 4 is 29.1 Å². The van der Waals surface area contributed by atoms with E-state index in [4.69, 9.17) is 14.6 Å². The van der Waals surface area contributed by atoms with Crippen LogP contribution in [0.3, 0.4) is 0 Å². The zero-order valence-corrected chi connectivity index (χ0v) is 12.4. The molecule has 1 unspecified atom stereocenters. The van der Waals surface area contributed by atoms with E-state index in [1.807, 2.05) is 0 Å². The van der Waals surface area contributed by atoms with E-state index in [1.54, 1.807) is 14.0 Å². The van der Waals surface area contributed by atoms with Crippen LogP contribution in [0.15, 0.2) is 4.34 Å². The molecule has 0 saturated heterocycles. The minimum Gasteiger partial charge on any atom is -0.477 e. The third-order valence-corrected chi connectivity index (χ3v) is 4.55. The number of aromatic carboxylic acids is 1. The highest BCUT2D eigenvalue weighted by molar-refractivity contribution is 8.01. The predicted molar refractivity (Wildman–Crippen MR) is 73.2 cm³/mol. The van der Waals surface area contributed by atoms with Crippen LogP contribution in [0.4, 0.5) is 0 Å². The smallest absolute Gasteiger partial charge is 0.347 e. The van der Waals surface area contributed by atoms with Crippen LogP contribution in [0.25, 0.3) is 0 Å². The van der Waals surface area contributed by atoms with Crippen LogP contribution in [-0.4, -0.2) is 60.0 Å². The van der Waals surface area contributed by atoms with Crippen LogP contribution in [0.1, 0.15) is 15.4 Å². The summed E-state index contributed by atoms with van der Waals surface area (Å²) in [6.07, 6.45) is -0.612. The molecule has 0 aromatic carbocycles. The van der Waals surface area contributed by atoms with Crippen LogP contribution in [0.2, 0.25) is 0 Å². The molecule has 2 N–H and O–H groups in total. The van der Waals surface area contributed by atoms with Gasteiger partial charge in [-0.25, -0.2) is 9.78 Å². The van der Waals surface area contributed by atoms with Gasteiger partial charge in [-0.15, -0.1) is 11.3 Å². The summed E-state index contributed by atoms with van der Waals surface area (Å²) < 4.78 is 10.7. The first-order valence-corrected chi connectivity index (χ1v) is 7.43. The first kappa shape index (κ1) is 16.4. The van der Waals surface area contributed by atoms with E-state index in [0.29, 0.717) is 29.0 Å². The fourth-order valence-corrected chi connectivity index (χ4v) is 3.17. The first-order chi connectivity index (χ1) is 9.04. The minimum absolute atomic E-state index is 0.229. The Morgan fingerprint density at radius 3 is 2.84 bits per heavy atom. The van der Waals surface area contributed by atoms with Crippen molar-refractivity contribution in [2.45, 2.75) is 17.4 Å². The molecule has 0 aliphatic rings. The number of hydrogen-bond acceptors (Lipinski definition) is 7. The Kier molecular flexibility index (Phi) is 7.32. The Bertz CT molecular complexity index is 410. The molecule has 0 aliphatic carbocycles. The Balaban J connectivity index is 2.32. The Morgan fingerprint density at radius 1 is 1.53 bits per heavy atom. The summed E-state index contributed by atoms with van der Waals surface area (Å²) in [5.41, 5.74) is 0.505. The molecule has 8 heteroatoms. The highest BCUT2D eigenvalue weighted by Gasteiger charge is 2.15. The van der Waals surface area contributed by atoms with E-state index < -0.39 is 12.1 Å². The number of nitrogens with zero attached hydrogens (tertiary/aromatic N) is 1. The molecular weight excluding hydrogens is 290 g/mol. The van der Waals surface area contributed by atoms with Gasteiger partial charge in [0, 0.05) is 12.9 Å². The maximum atomic E-state index is 10.9. The van der Waals surface area contributed by atoms with Crippen LogP contribution in [-0.2, 0) is 9.47 Å². The minimum atomic E-state index is -0.967. The first-order valence-electron chi connectivity index (χ1n) is 5.62. The van der Waals surface area contributed by atoms with E-state index in [2.05, 4.69) is 4.98 Å². The Hall–Kier alpha value is -0.670. The predicted octanol–water partition coefficient (Wildman–Crippen LogP) is 1.27. The third-order valence-electron chi connectivity index (χ3n) is 2.11. The summed E-state index contributed by atoms with van der Waals surface area (Å²) in [6.45, 7) is 2.83. The number of aromatic nitrogens is 1. The number of carbonyl (C=O) groups is 1. The number of rotatable bonds is 9. The number of aliphatic hydroxyl groups excluding tert-OH is 1. The lowest BCUT2D eigenvalue weighted by Crippen LogP contribution is -2.19. The summed E-state index contributed by atoms with van der Waals surface area (Å²) in [5.74, 6) is -0.552. The molecular formula is C11H17NO5S2. The fourth-order valence-electron chi connectivity index (χ4n) is 1.21. The average Bonchev–Trinajstić information content (AvgIpc) is 2.74. The standard InChI is InChI=1S/C11H17NO5S2/c1-7-9(10(14)15)19-11(12-7)18-6-8(13)5-17-4-3-16-2/h8,13H,3-6H2,1-2H3,(H,14,15). The molecule has 1 aromatic rings. The average molecular weight is 307 g/mol. The summed E-state index contributed by atoms with van der Waals surface area (Å²) in [4.78, 5) is 15.2. The van der Waals surface area contributed by atoms with Gasteiger partial charge >= 0.3 is 5.97 Å². The molecule has 1 rings (SSSR count). The highest BCUT2D eigenvalue weighted by atomic mass is 32.2. The summed E-state index contributed by atoms with van der Waals surface area (Å²) in [5, 5.41) is 18.6. The summed E-state index contributed by atoms with van der Waals surface area (Å²) in [6, 6.07) is 0. The Labute approximate surface area is 119 Å². The van der Waals surface area contributed by atoms with Gasteiger partial charge in [-0.1, -0.05) is 11.8 Å². The number of carboxylic acids is 1. The highest BCUT2D eigenvalue weighted by Crippen LogP contribution is 2.27. The summed E-state index contributed by atoms with van der Waals surface area (Å²) >= 11 is 2.45. The number of hydrogen-bond donors (Lipinski definition) is 2. The van der Waals surface area contributed by atoms with Gasteiger partial charge in [0.15, 0.2) is 4.34 Å².